The monoisotopic (exact) mass is 490 g/mol. The number of Topliss-reactive ketones (excluding diaryl/α,β-unsaturated/α-hetero) is 1. The van der Waals surface area contributed by atoms with Crippen molar-refractivity contribution in [3.8, 4) is 11.5 Å². The van der Waals surface area contributed by atoms with Gasteiger partial charge < -0.3 is 14.6 Å². The fraction of sp³-hybridized carbons (Fsp3) is 0.115. The standard InChI is InChI=1S/C26H19FN2O5S/c1-33-16-10-7-14(8-11-16)22-21(23(30)17-5-3-4-6-19(17)34-2)24(31)25(32)29(22)26-28-18-12-9-15(27)13-20(18)35-26/h3-13,22,30H,1-2H3/b23-21+. The Hall–Kier alpha value is -4.24. The number of thiazole rings is 1. The first-order chi connectivity index (χ1) is 16.9. The van der Waals surface area contributed by atoms with Gasteiger partial charge in [0.1, 0.15) is 23.1 Å². The van der Waals surface area contributed by atoms with E-state index in [4.69, 9.17) is 9.47 Å². The Kier molecular flexibility index (Phi) is 5.70. The second kappa shape index (κ2) is 8.84. The van der Waals surface area contributed by atoms with Crippen molar-refractivity contribution in [1.82, 2.24) is 4.98 Å². The number of ether oxygens (including phenoxy) is 2. The number of hydrogen-bond donors (Lipinski definition) is 1. The van der Waals surface area contributed by atoms with Crippen LogP contribution >= 0.6 is 11.3 Å². The summed E-state index contributed by atoms with van der Waals surface area (Å²) in [6.07, 6.45) is 0. The van der Waals surface area contributed by atoms with E-state index >= 15 is 0 Å². The molecule has 4 aromatic rings. The van der Waals surface area contributed by atoms with Gasteiger partial charge in [0.2, 0.25) is 0 Å². The van der Waals surface area contributed by atoms with E-state index in [2.05, 4.69) is 4.98 Å². The van der Waals surface area contributed by atoms with Gasteiger partial charge >= 0.3 is 5.91 Å². The fourth-order valence-corrected chi connectivity index (χ4v) is 5.12. The van der Waals surface area contributed by atoms with Gasteiger partial charge in [-0.1, -0.05) is 35.6 Å². The Morgan fingerprint density at radius 2 is 1.77 bits per heavy atom. The number of benzene rings is 3. The normalized spacial score (nSPS) is 17.2. The van der Waals surface area contributed by atoms with Crippen LogP contribution in [0.2, 0.25) is 0 Å². The number of ketones is 1. The van der Waals surface area contributed by atoms with Crippen LogP contribution in [-0.2, 0) is 9.59 Å². The molecular formula is C26H19FN2O5S. The van der Waals surface area contributed by atoms with Gasteiger partial charge in [-0.2, -0.15) is 0 Å². The summed E-state index contributed by atoms with van der Waals surface area (Å²) in [5.41, 5.74) is 1.23. The van der Waals surface area contributed by atoms with E-state index in [-0.39, 0.29) is 22.0 Å². The third kappa shape index (κ3) is 3.79. The van der Waals surface area contributed by atoms with Crippen molar-refractivity contribution in [2.75, 3.05) is 19.1 Å². The number of fused-ring (bicyclic) bond motifs is 1. The number of nitrogens with zero attached hydrogens (tertiary/aromatic N) is 2. The predicted molar refractivity (Wildman–Crippen MR) is 130 cm³/mol. The molecule has 1 atom stereocenters. The van der Waals surface area contributed by atoms with Gasteiger partial charge in [-0.3, -0.25) is 14.5 Å². The molecule has 0 aliphatic carbocycles. The largest absolute Gasteiger partial charge is 0.507 e. The van der Waals surface area contributed by atoms with E-state index in [9.17, 15) is 19.1 Å². The number of hydrogen-bond acceptors (Lipinski definition) is 7. The number of aliphatic hydroxyl groups excluding tert-OH is 1. The first-order valence-corrected chi connectivity index (χ1v) is 11.4. The van der Waals surface area contributed by atoms with Crippen molar-refractivity contribution < 1.29 is 28.6 Å². The molecule has 35 heavy (non-hydrogen) atoms. The highest BCUT2D eigenvalue weighted by atomic mass is 32.1. The molecule has 0 radical (unpaired) electrons. The van der Waals surface area contributed by atoms with Gasteiger partial charge in [-0.05, 0) is 48.0 Å². The summed E-state index contributed by atoms with van der Waals surface area (Å²) in [5.74, 6) is -1.57. The number of aliphatic hydroxyl groups is 1. The molecule has 1 aliphatic heterocycles. The first kappa shape index (κ1) is 22.5. The van der Waals surface area contributed by atoms with Crippen molar-refractivity contribution in [3.05, 3.63) is 89.2 Å². The smallest absolute Gasteiger partial charge is 0.301 e. The lowest BCUT2D eigenvalue weighted by Crippen LogP contribution is -2.29. The SMILES string of the molecule is COc1ccc(C2/C(=C(\O)c3ccccc3OC)C(=O)C(=O)N2c2nc3ccc(F)cc3s2)cc1. The highest BCUT2D eigenvalue weighted by molar-refractivity contribution is 7.22. The van der Waals surface area contributed by atoms with E-state index in [1.807, 2.05) is 0 Å². The summed E-state index contributed by atoms with van der Waals surface area (Å²) in [6, 6.07) is 16.6. The molecule has 1 fully saturated rings. The van der Waals surface area contributed by atoms with Crippen LogP contribution in [0.3, 0.4) is 0 Å². The van der Waals surface area contributed by atoms with Crippen LogP contribution in [0.25, 0.3) is 16.0 Å². The molecule has 1 aliphatic rings. The fourth-order valence-electron chi connectivity index (χ4n) is 4.11. The quantitative estimate of drug-likeness (QED) is 0.239. The van der Waals surface area contributed by atoms with Gasteiger partial charge in [-0.15, -0.1) is 0 Å². The summed E-state index contributed by atoms with van der Waals surface area (Å²) in [4.78, 5) is 32.4. The molecule has 2 heterocycles. The Morgan fingerprint density at radius 1 is 1.03 bits per heavy atom. The van der Waals surface area contributed by atoms with Gasteiger partial charge in [0.15, 0.2) is 5.13 Å². The highest BCUT2D eigenvalue weighted by Gasteiger charge is 2.48. The average molecular weight is 491 g/mol. The lowest BCUT2D eigenvalue weighted by atomic mass is 9.95. The zero-order valence-electron chi connectivity index (χ0n) is 18.7. The van der Waals surface area contributed by atoms with Crippen molar-refractivity contribution in [3.63, 3.8) is 0 Å². The highest BCUT2D eigenvalue weighted by Crippen LogP contribution is 2.45. The van der Waals surface area contributed by atoms with Gasteiger partial charge in [0, 0.05) is 0 Å². The van der Waals surface area contributed by atoms with E-state index in [0.717, 1.165) is 11.3 Å². The molecule has 0 bridgehead atoms. The Morgan fingerprint density at radius 3 is 2.49 bits per heavy atom. The lowest BCUT2D eigenvalue weighted by Gasteiger charge is -2.23. The minimum Gasteiger partial charge on any atom is -0.507 e. The summed E-state index contributed by atoms with van der Waals surface area (Å²) in [7, 11) is 2.98. The molecule has 7 nitrogen and oxygen atoms in total. The number of carbonyl (C=O) groups excluding carboxylic acids is 2. The van der Waals surface area contributed by atoms with Crippen LogP contribution in [-0.4, -0.2) is 36.0 Å². The van der Waals surface area contributed by atoms with Crippen LogP contribution in [0.4, 0.5) is 9.52 Å². The van der Waals surface area contributed by atoms with Crippen LogP contribution in [0.15, 0.2) is 72.3 Å². The maximum atomic E-state index is 13.8. The molecular weight excluding hydrogens is 471 g/mol. The third-order valence-electron chi connectivity index (χ3n) is 5.78. The van der Waals surface area contributed by atoms with Crippen LogP contribution < -0.4 is 14.4 Å². The number of rotatable bonds is 5. The molecule has 0 spiro atoms. The molecule has 5 rings (SSSR count). The number of methoxy groups -OCH3 is 2. The summed E-state index contributed by atoms with van der Waals surface area (Å²) in [5, 5.41) is 11.5. The van der Waals surface area contributed by atoms with Gasteiger partial charge in [0.25, 0.3) is 5.78 Å². The van der Waals surface area contributed by atoms with Crippen molar-refractivity contribution in [1.29, 1.82) is 0 Å². The van der Waals surface area contributed by atoms with Crippen LogP contribution in [0, 0.1) is 5.82 Å². The van der Waals surface area contributed by atoms with Gasteiger partial charge in [-0.25, -0.2) is 9.37 Å². The zero-order chi connectivity index (χ0) is 24.7. The van der Waals surface area contributed by atoms with E-state index in [1.54, 1.807) is 48.5 Å². The predicted octanol–water partition coefficient (Wildman–Crippen LogP) is 5.08. The minimum absolute atomic E-state index is 0.102. The molecule has 1 saturated heterocycles. The third-order valence-corrected chi connectivity index (χ3v) is 6.80. The number of amides is 1. The Balaban J connectivity index is 1.74. The van der Waals surface area contributed by atoms with Crippen molar-refractivity contribution >= 4 is 44.1 Å². The first-order valence-electron chi connectivity index (χ1n) is 10.6. The number of aromatic nitrogens is 1. The van der Waals surface area contributed by atoms with E-state index in [1.165, 1.54) is 37.3 Å². The molecule has 1 amide bonds. The number of carbonyl (C=O) groups is 2. The minimum atomic E-state index is -0.976. The summed E-state index contributed by atoms with van der Waals surface area (Å²) < 4.78 is 24.9. The van der Waals surface area contributed by atoms with Crippen LogP contribution in [0.1, 0.15) is 17.2 Å². The molecule has 0 saturated carbocycles. The zero-order valence-corrected chi connectivity index (χ0v) is 19.5. The summed E-state index contributed by atoms with van der Waals surface area (Å²) in [6.45, 7) is 0. The second-order valence-electron chi connectivity index (χ2n) is 7.75. The molecule has 9 heteroatoms. The average Bonchev–Trinajstić information content (AvgIpc) is 3.41. The number of para-hydroxylation sites is 1. The van der Waals surface area contributed by atoms with E-state index < -0.39 is 23.5 Å². The number of halogens is 1. The molecule has 3 aromatic carbocycles. The van der Waals surface area contributed by atoms with E-state index in [0.29, 0.717) is 27.3 Å². The Bertz CT molecular complexity index is 1500. The Labute approximate surface area is 203 Å². The maximum absolute atomic E-state index is 13.8. The maximum Gasteiger partial charge on any atom is 0.301 e. The molecule has 1 aromatic heterocycles. The molecule has 176 valence electrons. The van der Waals surface area contributed by atoms with Crippen molar-refractivity contribution in [2.45, 2.75) is 6.04 Å². The topological polar surface area (TPSA) is 89.0 Å². The summed E-state index contributed by atoms with van der Waals surface area (Å²) >= 11 is 1.09. The van der Waals surface area contributed by atoms with Crippen molar-refractivity contribution in [2.24, 2.45) is 0 Å². The van der Waals surface area contributed by atoms with Crippen LogP contribution in [0.5, 0.6) is 11.5 Å². The molecule has 1 N–H and O–H groups in total. The lowest BCUT2D eigenvalue weighted by molar-refractivity contribution is -0.132. The number of anilines is 1. The van der Waals surface area contributed by atoms with Gasteiger partial charge in [0.05, 0.1) is 41.6 Å². The molecule has 1 unspecified atom stereocenters. The second-order valence-corrected chi connectivity index (χ2v) is 8.76.